The highest BCUT2D eigenvalue weighted by molar-refractivity contribution is 6.31. The fraction of sp³-hybridized carbons (Fsp3) is 0.357. The molecule has 1 heterocycles. The van der Waals surface area contributed by atoms with Gasteiger partial charge in [-0.05, 0) is 43.1 Å². The maximum absolute atomic E-state index is 13.3. The second-order valence-electron chi connectivity index (χ2n) is 4.42. The standard InChI is InChI=1S/C14H17ClFN3/c1-2-5-17-13(14-18-6-7-19-14)9-10-8-11(16)3-4-12(10)15/h3-4,6-8,13,17H,2,5,9H2,1H3,(H,18,19). The lowest BCUT2D eigenvalue weighted by Crippen LogP contribution is -2.25. The Hall–Kier alpha value is -1.39. The number of halogens is 2. The van der Waals surface area contributed by atoms with Crippen molar-refractivity contribution in [3.05, 3.63) is 52.8 Å². The molecule has 1 aromatic heterocycles. The van der Waals surface area contributed by atoms with Gasteiger partial charge in [0.1, 0.15) is 11.6 Å². The highest BCUT2D eigenvalue weighted by atomic mass is 35.5. The van der Waals surface area contributed by atoms with Gasteiger partial charge in [-0.2, -0.15) is 0 Å². The number of hydrogen-bond acceptors (Lipinski definition) is 2. The van der Waals surface area contributed by atoms with Gasteiger partial charge in [-0.25, -0.2) is 9.37 Å². The van der Waals surface area contributed by atoms with Crippen molar-refractivity contribution in [2.75, 3.05) is 6.54 Å². The fourth-order valence-corrected chi connectivity index (χ4v) is 2.17. The summed E-state index contributed by atoms with van der Waals surface area (Å²) in [4.78, 5) is 7.35. The summed E-state index contributed by atoms with van der Waals surface area (Å²) in [5.41, 5.74) is 0.784. The molecule has 102 valence electrons. The van der Waals surface area contributed by atoms with Crippen LogP contribution in [0.25, 0.3) is 0 Å². The highest BCUT2D eigenvalue weighted by Crippen LogP contribution is 2.23. The molecule has 0 radical (unpaired) electrons. The van der Waals surface area contributed by atoms with Crippen molar-refractivity contribution < 1.29 is 4.39 Å². The molecule has 2 aromatic rings. The average Bonchev–Trinajstić information content (AvgIpc) is 2.92. The SMILES string of the molecule is CCCNC(Cc1cc(F)ccc1Cl)c1ncc[nH]1. The van der Waals surface area contributed by atoms with Crippen molar-refractivity contribution in [3.8, 4) is 0 Å². The minimum atomic E-state index is -0.270. The lowest BCUT2D eigenvalue weighted by atomic mass is 10.0. The Morgan fingerprint density at radius 1 is 1.47 bits per heavy atom. The lowest BCUT2D eigenvalue weighted by molar-refractivity contribution is 0.507. The zero-order valence-corrected chi connectivity index (χ0v) is 11.5. The molecule has 2 rings (SSSR count). The van der Waals surface area contributed by atoms with Gasteiger partial charge in [-0.1, -0.05) is 18.5 Å². The Balaban J connectivity index is 2.17. The lowest BCUT2D eigenvalue weighted by Gasteiger charge is -2.17. The molecule has 0 bridgehead atoms. The van der Waals surface area contributed by atoms with Crippen LogP contribution in [0.15, 0.2) is 30.6 Å². The van der Waals surface area contributed by atoms with Gasteiger partial charge in [0.2, 0.25) is 0 Å². The molecular weight excluding hydrogens is 265 g/mol. The zero-order chi connectivity index (χ0) is 13.7. The number of imidazole rings is 1. The molecule has 1 atom stereocenters. The summed E-state index contributed by atoms with van der Waals surface area (Å²) < 4.78 is 13.3. The molecule has 5 heteroatoms. The molecular formula is C14H17ClFN3. The molecule has 0 aliphatic heterocycles. The Morgan fingerprint density at radius 2 is 2.32 bits per heavy atom. The monoisotopic (exact) mass is 281 g/mol. The summed E-state index contributed by atoms with van der Waals surface area (Å²) in [5, 5.41) is 3.97. The number of nitrogens with zero attached hydrogens (tertiary/aromatic N) is 1. The predicted molar refractivity (Wildman–Crippen MR) is 74.7 cm³/mol. The molecule has 0 saturated carbocycles. The second kappa shape index (κ2) is 6.68. The van der Waals surface area contributed by atoms with Gasteiger partial charge < -0.3 is 10.3 Å². The molecule has 1 aromatic carbocycles. The van der Waals surface area contributed by atoms with Crippen LogP contribution in [0.2, 0.25) is 5.02 Å². The van der Waals surface area contributed by atoms with Crippen LogP contribution in [0.1, 0.15) is 30.8 Å². The fourth-order valence-electron chi connectivity index (χ4n) is 1.97. The Labute approximate surface area is 117 Å². The Morgan fingerprint density at radius 3 is 3.00 bits per heavy atom. The van der Waals surface area contributed by atoms with Crippen LogP contribution in [-0.4, -0.2) is 16.5 Å². The smallest absolute Gasteiger partial charge is 0.123 e. The third kappa shape index (κ3) is 3.78. The average molecular weight is 282 g/mol. The molecule has 0 spiro atoms. The number of aromatic amines is 1. The van der Waals surface area contributed by atoms with Gasteiger partial charge in [0, 0.05) is 17.4 Å². The summed E-state index contributed by atoms with van der Waals surface area (Å²) in [6.45, 7) is 2.97. The van der Waals surface area contributed by atoms with Gasteiger partial charge >= 0.3 is 0 Å². The summed E-state index contributed by atoms with van der Waals surface area (Å²) in [6, 6.07) is 4.44. The van der Waals surface area contributed by atoms with E-state index in [9.17, 15) is 4.39 Å². The van der Waals surface area contributed by atoms with E-state index in [1.165, 1.54) is 12.1 Å². The first kappa shape index (κ1) is 14.0. The molecule has 0 amide bonds. The van der Waals surface area contributed by atoms with Gasteiger partial charge in [0.05, 0.1) is 6.04 Å². The third-order valence-corrected chi connectivity index (χ3v) is 3.29. The summed E-state index contributed by atoms with van der Waals surface area (Å²) in [5.74, 6) is 0.571. The van der Waals surface area contributed by atoms with Gasteiger partial charge in [-0.15, -0.1) is 0 Å². The van der Waals surface area contributed by atoms with E-state index in [0.717, 1.165) is 24.4 Å². The Bertz CT molecular complexity index is 513. The third-order valence-electron chi connectivity index (χ3n) is 2.92. The van der Waals surface area contributed by atoms with E-state index in [2.05, 4.69) is 22.2 Å². The van der Waals surface area contributed by atoms with E-state index < -0.39 is 0 Å². The van der Waals surface area contributed by atoms with E-state index >= 15 is 0 Å². The van der Waals surface area contributed by atoms with Gasteiger partial charge in [0.25, 0.3) is 0 Å². The summed E-state index contributed by atoms with van der Waals surface area (Å²) in [7, 11) is 0. The molecule has 3 nitrogen and oxygen atoms in total. The maximum Gasteiger partial charge on any atom is 0.123 e. The molecule has 0 aliphatic rings. The largest absolute Gasteiger partial charge is 0.347 e. The van der Waals surface area contributed by atoms with E-state index in [1.807, 2.05) is 0 Å². The topological polar surface area (TPSA) is 40.7 Å². The summed E-state index contributed by atoms with van der Waals surface area (Å²) in [6.07, 6.45) is 5.12. The van der Waals surface area contributed by atoms with Crippen molar-refractivity contribution >= 4 is 11.6 Å². The number of benzene rings is 1. The van der Waals surface area contributed by atoms with Gasteiger partial charge in [0.15, 0.2) is 0 Å². The summed E-state index contributed by atoms with van der Waals surface area (Å²) >= 11 is 6.11. The van der Waals surface area contributed by atoms with E-state index in [0.29, 0.717) is 11.4 Å². The first-order chi connectivity index (χ1) is 9.20. The van der Waals surface area contributed by atoms with E-state index in [-0.39, 0.29) is 11.9 Å². The molecule has 1 unspecified atom stereocenters. The van der Waals surface area contributed by atoms with Crippen molar-refractivity contribution in [1.82, 2.24) is 15.3 Å². The predicted octanol–water partition coefficient (Wildman–Crippen LogP) is 3.49. The van der Waals surface area contributed by atoms with Crippen LogP contribution in [0.5, 0.6) is 0 Å². The number of H-pyrrole nitrogens is 1. The van der Waals surface area contributed by atoms with Crippen LogP contribution < -0.4 is 5.32 Å². The zero-order valence-electron chi connectivity index (χ0n) is 10.8. The number of hydrogen-bond donors (Lipinski definition) is 2. The number of rotatable bonds is 6. The van der Waals surface area contributed by atoms with Crippen LogP contribution in [0.3, 0.4) is 0 Å². The van der Waals surface area contributed by atoms with Crippen LogP contribution >= 0.6 is 11.6 Å². The number of aromatic nitrogens is 2. The van der Waals surface area contributed by atoms with Crippen molar-refractivity contribution in [2.24, 2.45) is 0 Å². The second-order valence-corrected chi connectivity index (χ2v) is 4.83. The van der Waals surface area contributed by atoms with Crippen LogP contribution in [-0.2, 0) is 6.42 Å². The number of nitrogens with one attached hydrogen (secondary N) is 2. The van der Waals surface area contributed by atoms with Crippen molar-refractivity contribution in [3.63, 3.8) is 0 Å². The normalized spacial score (nSPS) is 12.6. The Kier molecular flexibility index (Phi) is 4.93. The highest BCUT2D eigenvalue weighted by Gasteiger charge is 2.15. The molecule has 19 heavy (non-hydrogen) atoms. The quantitative estimate of drug-likeness (QED) is 0.851. The van der Waals surface area contributed by atoms with E-state index in [4.69, 9.17) is 11.6 Å². The molecule has 0 saturated heterocycles. The van der Waals surface area contributed by atoms with E-state index in [1.54, 1.807) is 18.5 Å². The van der Waals surface area contributed by atoms with Crippen molar-refractivity contribution in [2.45, 2.75) is 25.8 Å². The minimum absolute atomic E-state index is 0.00856. The maximum atomic E-state index is 13.3. The minimum Gasteiger partial charge on any atom is -0.347 e. The molecule has 0 aliphatic carbocycles. The van der Waals surface area contributed by atoms with Crippen LogP contribution in [0.4, 0.5) is 4.39 Å². The first-order valence-corrected chi connectivity index (χ1v) is 6.75. The van der Waals surface area contributed by atoms with Gasteiger partial charge in [-0.3, -0.25) is 0 Å². The molecule has 0 fully saturated rings. The van der Waals surface area contributed by atoms with Crippen molar-refractivity contribution in [1.29, 1.82) is 0 Å². The molecule has 2 N–H and O–H groups in total. The van der Waals surface area contributed by atoms with Crippen LogP contribution in [0, 0.1) is 5.82 Å². The first-order valence-electron chi connectivity index (χ1n) is 6.37.